The van der Waals surface area contributed by atoms with Crippen LogP contribution in [0.15, 0.2) is 0 Å². The van der Waals surface area contributed by atoms with Crippen molar-refractivity contribution in [3.8, 4) is 0 Å². The van der Waals surface area contributed by atoms with Crippen molar-refractivity contribution in [3.05, 3.63) is 0 Å². The van der Waals surface area contributed by atoms with Gasteiger partial charge in [-0.15, -0.1) is 0 Å². The zero-order chi connectivity index (χ0) is 9.80. The Kier molecular flexibility index (Phi) is 3.82. The van der Waals surface area contributed by atoms with E-state index in [1.807, 2.05) is 0 Å². The van der Waals surface area contributed by atoms with Gasteiger partial charge in [0.1, 0.15) is 0 Å². The maximum absolute atomic E-state index is 3.75. The molecule has 0 aromatic carbocycles. The first-order valence-electron chi connectivity index (χ1n) is 6.28. The molecule has 0 radical (unpaired) electrons. The van der Waals surface area contributed by atoms with Crippen LogP contribution in [0.2, 0.25) is 0 Å². The third-order valence-corrected chi connectivity index (χ3v) is 3.93. The molecule has 0 aromatic rings. The Morgan fingerprint density at radius 1 is 1.00 bits per heavy atom. The number of piperidine rings is 1. The summed E-state index contributed by atoms with van der Waals surface area (Å²) >= 11 is 0. The predicted molar refractivity (Wildman–Crippen MR) is 60.5 cm³/mol. The molecule has 0 spiro atoms. The van der Waals surface area contributed by atoms with Crippen LogP contribution in [0.3, 0.4) is 0 Å². The van der Waals surface area contributed by atoms with Gasteiger partial charge in [-0.05, 0) is 58.3 Å². The van der Waals surface area contributed by atoms with E-state index in [9.17, 15) is 0 Å². The van der Waals surface area contributed by atoms with Gasteiger partial charge in [0.2, 0.25) is 0 Å². The number of nitrogens with zero attached hydrogens (tertiary/aromatic N) is 1. The van der Waals surface area contributed by atoms with Crippen LogP contribution in [0.5, 0.6) is 0 Å². The number of likely N-dealkylation sites (tertiary alicyclic amines) is 1. The number of rotatable bonds is 1. The molecule has 0 bridgehead atoms. The largest absolute Gasteiger partial charge is 0.314 e. The maximum atomic E-state index is 3.75. The molecule has 0 amide bonds. The van der Waals surface area contributed by atoms with Crippen LogP contribution in [-0.2, 0) is 0 Å². The van der Waals surface area contributed by atoms with Gasteiger partial charge in [-0.2, -0.15) is 0 Å². The minimum atomic E-state index is 0.839. The van der Waals surface area contributed by atoms with Gasteiger partial charge in [-0.25, -0.2) is 0 Å². The average molecular weight is 196 g/mol. The highest BCUT2D eigenvalue weighted by Crippen LogP contribution is 2.24. The highest BCUT2D eigenvalue weighted by atomic mass is 15.1. The Morgan fingerprint density at radius 2 is 1.79 bits per heavy atom. The molecule has 2 fully saturated rings. The van der Waals surface area contributed by atoms with Crippen LogP contribution in [-0.4, -0.2) is 37.6 Å². The second-order valence-corrected chi connectivity index (χ2v) is 5.05. The zero-order valence-corrected chi connectivity index (χ0v) is 9.47. The maximum Gasteiger partial charge on any atom is 0.00962 e. The smallest absolute Gasteiger partial charge is 0.00962 e. The predicted octanol–water partition coefficient (Wildman–Crippen LogP) is 1.86. The quantitative estimate of drug-likeness (QED) is 0.688. The molecule has 0 aliphatic carbocycles. The van der Waals surface area contributed by atoms with E-state index in [1.165, 1.54) is 58.2 Å². The molecule has 1 N–H and O–H groups in total. The topological polar surface area (TPSA) is 15.3 Å². The SMILES string of the molecule is CN1CCC([C@@H]2CCCCCN2)CC1. The Labute approximate surface area is 88.1 Å². The molecule has 82 valence electrons. The molecule has 2 aliphatic rings. The summed E-state index contributed by atoms with van der Waals surface area (Å²) in [5, 5.41) is 3.75. The van der Waals surface area contributed by atoms with Gasteiger partial charge in [0.05, 0.1) is 0 Å². The molecule has 1 atom stereocenters. The summed E-state index contributed by atoms with van der Waals surface area (Å²) in [6.07, 6.45) is 8.53. The molecule has 0 aromatic heterocycles. The van der Waals surface area contributed by atoms with Crippen molar-refractivity contribution in [2.45, 2.75) is 44.6 Å². The Hall–Kier alpha value is -0.0800. The Bertz CT molecular complexity index is 154. The second kappa shape index (κ2) is 5.13. The van der Waals surface area contributed by atoms with Gasteiger partial charge in [0, 0.05) is 6.04 Å². The third-order valence-electron chi connectivity index (χ3n) is 3.93. The number of hydrogen-bond donors (Lipinski definition) is 1. The zero-order valence-electron chi connectivity index (χ0n) is 9.47. The van der Waals surface area contributed by atoms with Gasteiger partial charge in [-0.1, -0.05) is 12.8 Å². The van der Waals surface area contributed by atoms with Crippen molar-refractivity contribution in [1.29, 1.82) is 0 Å². The lowest BCUT2D eigenvalue weighted by molar-refractivity contribution is 0.182. The van der Waals surface area contributed by atoms with Crippen molar-refractivity contribution in [2.75, 3.05) is 26.7 Å². The molecule has 2 rings (SSSR count). The first kappa shape index (κ1) is 10.4. The lowest BCUT2D eigenvalue weighted by atomic mass is 9.87. The fourth-order valence-corrected chi connectivity index (χ4v) is 2.89. The average Bonchev–Trinajstić information content (AvgIpc) is 2.47. The van der Waals surface area contributed by atoms with Gasteiger partial charge < -0.3 is 10.2 Å². The summed E-state index contributed by atoms with van der Waals surface area (Å²) in [4.78, 5) is 2.47. The number of hydrogen-bond acceptors (Lipinski definition) is 2. The summed E-state index contributed by atoms with van der Waals surface area (Å²) in [6.45, 7) is 3.88. The fourth-order valence-electron chi connectivity index (χ4n) is 2.89. The van der Waals surface area contributed by atoms with Gasteiger partial charge >= 0.3 is 0 Å². The highest BCUT2D eigenvalue weighted by Gasteiger charge is 2.25. The van der Waals surface area contributed by atoms with E-state index in [1.54, 1.807) is 0 Å². The molecule has 2 nitrogen and oxygen atoms in total. The van der Waals surface area contributed by atoms with Crippen LogP contribution in [0, 0.1) is 5.92 Å². The van der Waals surface area contributed by atoms with E-state index in [-0.39, 0.29) is 0 Å². The van der Waals surface area contributed by atoms with Crippen molar-refractivity contribution in [1.82, 2.24) is 10.2 Å². The monoisotopic (exact) mass is 196 g/mol. The molecule has 0 unspecified atom stereocenters. The standard InChI is InChI=1S/C12H24N2/c1-14-9-6-11(7-10-14)12-5-3-2-4-8-13-12/h11-13H,2-10H2,1H3/t12-/m0/s1. The normalized spacial score (nSPS) is 32.8. The van der Waals surface area contributed by atoms with E-state index in [4.69, 9.17) is 0 Å². The van der Waals surface area contributed by atoms with Crippen molar-refractivity contribution in [3.63, 3.8) is 0 Å². The fraction of sp³-hybridized carbons (Fsp3) is 1.00. The molecule has 2 aliphatic heterocycles. The van der Waals surface area contributed by atoms with Gasteiger partial charge in [0.25, 0.3) is 0 Å². The summed E-state index contributed by atoms with van der Waals surface area (Å²) in [5.74, 6) is 0.962. The first-order chi connectivity index (χ1) is 6.86. The summed E-state index contributed by atoms with van der Waals surface area (Å²) in [5.41, 5.74) is 0. The Morgan fingerprint density at radius 3 is 2.57 bits per heavy atom. The van der Waals surface area contributed by atoms with E-state index in [0.717, 1.165) is 12.0 Å². The Balaban J connectivity index is 1.81. The third kappa shape index (κ3) is 2.71. The van der Waals surface area contributed by atoms with Crippen LogP contribution < -0.4 is 5.32 Å². The van der Waals surface area contributed by atoms with E-state index in [2.05, 4.69) is 17.3 Å². The molecular weight excluding hydrogens is 172 g/mol. The van der Waals surface area contributed by atoms with E-state index in [0.29, 0.717) is 0 Å². The highest BCUT2D eigenvalue weighted by molar-refractivity contribution is 4.82. The van der Waals surface area contributed by atoms with E-state index < -0.39 is 0 Å². The summed E-state index contributed by atoms with van der Waals surface area (Å²) in [7, 11) is 2.25. The van der Waals surface area contributed by atoms with Crippen molar-refractivity contribution in [2.24, 2.45) is 5.92 Å². The van der Waals surface area contributed by atoms with Crippen molar-refractivity contribution < 1.29 is 0 Å². The minimum Gasteiger partial charge on any atom is -0.314 e. The summed E-state index contributed by atoms with van der Waals surface area (Å²) in [6, 6.07) is 0.839. The minimum absolute atomic E-state index is 0.839. The van der Waals surface area contributed by atoms with Gasteiger partial charge in [-0.3, -0.25) is 0 Å². The first-order valence-corrected chi connectivity index (χ1v) is 6.28. The molecule has 0 saturated carbocycles. The van der Waals surface area contributed by atoms with Gasteiger partial charge in [0.15, 0.2) is 0 Å². The molecule has 2 heterocycles. The van der Waals surface area contributed by atoms with E-state index >= 15 is 0 Å². The second-order valence-electron chi connectivity index (χ2n) is 5.05. The molecule has 14 heavy (non-hydrogen) atoms. The summed E-state index contributed by atoms with van der Waals surface area (Å²) < 4.78 is 0. The van der Waals surface area contributed by atoms with Crippen LogP contribution in [0.25, 0.3) is 0 Å². The van der Waals surface area contributed by atoms with Crippen LogP contribution in [0.1, 0.15) is 38.5 Å². The van der Waals surface area contributed by atoms with Crippen LogP contribution >= 0.6 is 0 Å². The number of nitrogens with one attached hydrogen (secondary N) is 1. The van der Waals surface area contributed by atoms with Crippen LogP contribution in [0.4, 0.5) is 0 Å². The molecular formula is C12H24N2. The lowest BCUT2D eigenvalue weighted by Gasteiger charge is -2.34. The molecule has 2 heteroatoms. The molecule has 2 saturated heterocycles. The van der Waals surface area contributed by atoms with Crippen molar-refractivity contribution >= 4 is 0 Å². The lowest BCUT2D eigenvalue weighted by Crippen LogP contribution is -2.41.